The van der Waals surface area contributed by atoms with Crippen LogP contribution in [0.1, 0.15) is 69.4 Å². The Morgan fingerprint density at radius 1 is 0.514 bits per heavy atom. The Hall–Kier alpha value is -3.00. The number of methoxy groups -OCH3 is 2. The van der Waals surface area contributed by atoms with Gasteiger partial charge in [0.2, 0.25) is 0 Å². The van der Waals surface area contributed by atoms with Gasteiger partial charge in [0.05, 0.1) is 14.2 Å². The van der Waals surface area contributed by atoms with Crippen molar-refractivity contribution in [3.63, 3.8) is 0 Å². The van der Waals surface area contributed by atoms with Gasteiger partial charge < -0.3 is 9.47 Å². The third kappa shape index (κ3) is 8.62. The van der Waals surface area contributed by atoms with Crippen LogP contribution in [0.4, 0.5) is 0 Å². The summed E-state index contributed by atoms with van der Waals surface area (Å²) in [5, 5.41) is 5.07. The molecule has 0 spiro atoms. The largest absolute Gasteiger partial charge is 0.497 e. The Balaban J connectivity index is 0.000000223. The van der Waals surface area contributed by atoms with Crippen LogP contribution in [-0.4, -0.2) is 14.2 Å². The van der Waals surface area contributed by atoms with Gasteiger partial charge in [0.25, 0.3) is 0 Å². The number of rotatable bonds is 11. The molecule has 0 bridgehead atoms. The number of ether oxygens (including phenoxy) is 2. The fraction of sp³-hybridized carbons (Fsp3) is 0.394. The second-order valence-corrected chi connectivity index (χ2v) is 9.49. The third-order valence-corrected chi connectivity index (χ3v) is 6.63. The number of fused-ring (bicyclic) bond motifs is 2. The van der Waals surface area contributed by atoms with E-state index < -0.39 is 0 Å². The van der Waals surface area contributed by atoms with Crippen LogP contribution in [0.5, 0.6) is 11.5 Å². The molecule has 0 saturated carbocycles. The van der Waals surface area contributed by atoms with Crippen molar-refractivity contribution in [2.45, 2.75) is 71.6 Å². The Labute approximate surface area is 212 Å². The zero-order valence-corrected chi connectivity index (χ0v) is 22.1. The topological polar surface area (TPSA) is 18.5 Å². The lowest BCUT2D eigenvalue weighted by Gasteiger charge is -2.06. The molecule has 0 aliphatic carbocycles. The molecule has 2 nitrogen and oxygen atoms in total. The van der Waals surface area contributed by atoms with E-state index in [1.165, 1.54) is 90.5 Å². The third-order valence-electron chi connectivity index (χ3n) is 6.63. The van der Waals surface area contributed by atoms with Crippen molar-refractivity contribution in [1.29, 1.82) is 0 Å². The summed E-state index contributed by atoms with van der Waals surface area (Å²) in [5.41, 5.74) is 2.73. The first-order valence-corrected chi connectivity index (χ1v) is 13.2. The molecule has 0 unspecified atom stereocenters. The second-order valence-electron chi connectivity index (χ2n) is 9.49. The van der Waals surface area contributed by atoms with E-state index in [2.05, 4.69) is 74.5 Å². The Morgan fingerprint density at radius 2 is 1.03 bits per heavy atom. The average molecular weight is 471 g/mol. The number of hydrogen-bond donors (Lipinski definition) is 0. The van der Waals surface area contributed by atoms with E-state index in [0.29, 0.717) is 0 Å². The standard InChI is InChI=1S/C21H30O.C12H12O/c1-3-4-5-6-7-8-9-10-11-18-12-13-19-14-15-21(22-2)17-20(19)16-18;1-9-3-4-10-5-6-12(13-2)8-11(10)7-9/h12-17H,3-11H2,1-2H3;3-8H,1-2H3. The van der Waals surface area contributed by atoms with E-state index in [9.17, 15) is 0 Å². The molecule has 0 aliphatic rings. The Kier molecular flexibility index (Phi) is 11.0. The molecular weight excluding hydrogens is 428 g/mol. The van der Waals surface area contributed by atoms with E-state index in [0.717, 1.165) is 11.5 Å². The van der Waals surface area contributed by atoms with Crippen LogP contribution < -0.4 is 9.47 Å². The van der Waals surface area contributed by atoms with Crippen molar-refractivity contribution in [3.05, 3.63) is 83.9 Å². The van der Waals surface area contributed by atoms with Crippen molar-refractivity contribution >= 4 is 21.5 Å². The summed E-state index contributed by atoms with van der Waals surface area (Å²) in [6.45, 7) is 4.37. The van der Waals surface area contributed by atoms with Crippen LogP contribution >= 0.6 is 0 Å². The van der Waals surface area contributed by atoms with E-state index in [1.807, 2.05) is 12.1 Å². The highest BCUT2D eigenvalue weighted by Gasteiger charge is 2.00. The minimum atomic E-state index is 0.915. The summed E-state index contributed by atoms with van der Waals surface area (Å²) in [4.78, 5) is 0. The van der Waals surface area contributed by atoms with Crippen LogP contribution in [0.25, 0.3) is 21.5 Å². The molecular formula is C33H42O2. The summed E-state index contributed by atoms with van der Waals surface area (Å²) >= 11 is 0. The maximum Gasteiger partial charge on any atom is 0.119 e. The fourth-order valence-electron chi connectivity index (χ4n) is 4.49. The van der Waals surface area contributed by atoms with Crippen LogP contribution in [0.2, 0.25) is 0 Å². The number of unbranched alkanes of at least 4 members (excludes halogenated alkanes) is 7. The molecule has 0 N–H and O–H groups in total. The monoisotopic (exact) mass is 470 g/mol. The maximum absolute atomic E-state index is 5.32. The van der Waals surface area contributed by atoms with Gasteiger partial charge in [0, 0.05) is 0 Å². The summed E-state index contributed by atoms with van der Waals surface area (Å²) in [7, 11) is 3.42. The highest BCUT2D eigenvalue weighted by Crippen LogP contribution is 2.23. The van der Waals surface area contributed by atoms with Gasteiger partial charge in [0.15, 0.2) is 0 Å². The minimum Gasteiger partial charge on any atom is -0.497 e. The molecule has 186 valence electrons. The van der Waals surface area contributed by atoms with Crippen LogP contribution in [0.15, 0.2) is 72.8 Å². The SMILES string of the molecule is CCCCCCCCCCc1ccc2ccc(OC)cc2c1.COc1ccc2ccc(C)cc2c1. The molecule has 0 atom stereocenters. The molecule has 0 heterocycles. The maximum atomic E-state index is 5.32. The highest BCUT2D eigenvalue weighted by molar-refractivity contribution is 5.85. The highest BCUT2D eigenvalue weighted by atomic mass is 16.5. The number of hydrogen-bond acceptors (Lipinski definition) is 2. The van der Waals surface area contributed by atoms with Gasteiger partial charge >= 0.3 is 0 Å². The van der Waals surface area contributed by atoms with Gasteiger partial charge in [-0.25, -0.2) is 0 Å². The molecule has 0 amide bonds. The zero-order chi connectivity index (χ0) is 24.9. The summed E-state index contributed by atoms with van der Waals surface area (Å²) in [5.74, 6) is 1.86. The first-order chi connectivity index (χ1) is 17.1. The molecule has 4 aromatic rings. The van der Waals surface area contributed by atoms with Crippen molar-refractivity contribution in [2.75, 3.05) is 14.2 Å². The normalized spacial score (nSPS) is 10.7. The number of aryl methyl sites for hydroxylation is 2. The molecule has 0 aromatic heterocycles. The van der Waals surface area contributed by atoms with E-state index in [-0.39, 0.29) is 0 Å². The van der Waals surface area contributed by atoms with Gasteiger partial charge in [-0.3, -0.25) is 0 Å². The molecule has 0 radical (unpaired) electrons. The van der Waals surface area contributed by atoms with E-state index in [1.54, 1.807) is 14.2 Å². The Morgan fingerprint density at radius 3 is 1.63 bits per heavy atom. The van der Waals surface area contributed by atoms with Crippen molar-refractivity contribution in [1.82, 2.24) is 0 Å². The van der Waals surface area contributed by atoms with Crippen molar-refractivity contribution < 1.29 is 9.47 Å². The first kappa shape index (κ1) is 26.6. The molecule has 0 aliphatic heterocycles. The lowest BCUT2D eigenvalue weighted by molar-refractivity contribution is 0.415. The van der Waals surface area contributed by atoms with Gasteiger partial charge in [0.1, 0.15) is 11.5 Å². The lowest BCUT2D eigenvalue weighted by Crippen LogP contribution is -1.88. The zero-order valence-electron chi connectivity index (χ0n) is 22.1. The average Bonchev–Trinajstić information content (AvgIpc) is 2.89. The predicted octanol–water partition coefficient (Wildman–Crippen LogP) is 9.69. The number of benzene rings is 4. The molecule has 0 fully saturated rings. The van der Waals surface area contributed by atoms with Gasteiger partial charge in [-0.2, -0.15) is 0 Å². The van der Waals surface area contributed by atoms with Crippen LogP contribution in [-0.2, 0) is 6.42 Å². The first-order valence-electron chi connectivity index (χ1n) is 13.2. The quantitative estimate of drug-likeness (QED) is 0.203. The van der Waals surface area contributed by atoms with Crippen molar-refractivity contribution in [3.8, 4) is 11.5 Å². The lowest BCUT2D eigenvalue weighted by atomic mass is 10.0. The van der Waals surface area contributed by atoms with Gasteiger partial charge in [-0.1, -0.05) is 106 Å². The van der Waals surface area contributed by atoms with Crippen molar-refractivity contribution in [2.24, 2.45) is 0 Å². The summed E-state index contributed by atoms with van der Waals surface area (Å²) in [6, 6.07) is 25.6. The smallest absolute Gasteiger partial charge is 0.119 e. The van der Waals surface area contributed by atoms with E-state index in [4.69, 9.17) is 9.47 Å². The Bertz CT molecular complexity index is 1180. The fourth-order valence-corrected chi connectivity index (χ4v) is 4.49. The predicted molar refractivity (Wildman–Crippen MR) is 152 cm³/mol. The molecule has 4 aromatic carbocycles. The molecule has 2 heteroatoms. The molecule has 35 heavy (non-hydrogen) atoms. The van der Waals surface area contributed by atoms with Gasteiger partial charge in [-0.05, 0) is 71.1 Å². The minimum absolute atomic E-state index is 0.915. The van der Waals surface area contributed by atoms with Gasteiger partial charge in [-0.15, -0.1) is 0 Å². The second kappa shape index (κ2) is 14.4. The summed E-state index contributed by atoms with van der Waals surface area (Å²) < 4.78 is 10.5. The summed E-state index contributed by atoms with van der Waals surface area (Å²) in [6.07, 6.45) is 12.3. The van der Waals surface area contributed by atoms with Crippen LogP contribution in [0, 0.1) is 6.92 Å². The molecule has 0 saturated heterocycles. The van der Waals surface area contributed by atoms with Crippen LogP contribution in [0.3, 0.4) is 0 Å². The molecule has 4 rings (SSSR count). The van der Waals surface area contributed by atoms with E-state index >= 15 is 0 Å².